The van der Waals surface area contributed by atoms with Crippen LogP contribution in [0.1, 0.15) is 82.2 Å². The normalized spacial score (nSPS) is 21.2. The maximum atomic E-state index is 14.8. The molecule has 2 aromatic rings. The van der Waals surface area contributed by atoms with Crippen LogP contribution < -0.4 is 9.47 Å². The number of alkyl halides is 3. The number of ether oxygens (including phenoxy) is 3. The fourth-order valence-electron chi connectivity index (χ4n) is 5.68. The lowest BCUT2D eigenvalue weighted by molar-refractivity contribution is -0.137. The molecule has 2 aromatic carbocycles. The summed E-state index contributed by atoms with van der Waals surface area (Å²) >= 11 is 0. The SMILES string of the molecule is COc1cc(F)c(OC(C)C)cc1C1=C(CN2C(=O)O[C@H](c3cc(C)cc(C(F)(F)F)c3)[C@@H]2C)CC(C)(C)CC1. The van der Waals surface area contributed by atoms with E-state index in [9.17, 15) is 22.4 Å². The van der Waals surface area contributed by atoms with Crippen molar-refractivity contribution in [1.82, 2.24) is 4.90 Å². The number of methoxy groups -OCH3 is 1. The number of hydrogen-bond acceptors (Lipinski definition) is 4. The standard InChI is InChI=1S/C31H37F4NO4/c1-17(2)39-27-13-24(26(38-7)14-25(27)32)23-8-9-30(5,6)15-21(23)16-36-19(4)28(40-29(36)37)20-10-18(3)11-22(12-20)31(33,34)35/h10-14,17,19,28H,8-9,15-16H2,1-7H3/t19-,28-/m0/s1. The molecular weight excluding hydrogens is 526 g/mol. The zero-order chi connectivity index (χ0) is 29.6. The first-order valence-electron chi connectivity index (χ1n) is 13.5. The molecule has 9 heteroatoms. The maximum Gasteiger partial charge on any atom is 0.416 e. The molecule has 5 nitrogen and oxygen atoms in total. The molecule has 0 unspecified atom stereocenters. The molecule has 1 heterocycles. The Hall–Kier alpha value is -3.23. The number of benzene rings is 2. The van der Waals surface area contributed by atoms with Crippen LogP contribution in [0.2, 0.25) is 0 Å². The quantitative estimate of drug-likeness (QED) is 0.317. The molecule has 2 aliphatic rings. The highest BCUT2D eigenvalue weighted by Gasteiger charge is 2.42. The average molecular weight is 564 g/mol. The van der Waals surface area contributed by atoms with Gasteiger partial charge in [-0.2, -0.15) is 13.2 Å². The lowest BCUT2D eigenvalue weighted by Gasteiger charge is -2.36. The van der Waals surface area contributed by atoms with Gasteiger partial charge in [-0.25, -0.2) is 9.18 Å². The van der Waals surface area contributed by atoms with E-state index in [4.69, 9.17) is 14.2 Å². The summed E-state index contributed by atoms with van der Waals surface area (Å²) in [5.74, 6) is -0.0323. The van der Waals surface area contributed by atoms with Crippen LogP contribution in [0.3, 0.4) is 0 Å². The second-order valence-corrected chi connectivity index (χ2v) is 11.9. The summed E-state index contributed by atoms with van der Waals surface area (Å²) in [6.45, 7) is 11.5. The minimum absolute atomic E-state index is 0.0478. The Labute approximate surface area is 233 Å². The molecule has 1 amide bonds. The fourth-order valence-corrected chi connectivity index (χ4v) is 5.68. The monoisotopic (exact) mass is 563 g/mol. The minimum Gasteiger partial charge on any atom is -0.496 e. The van der Waals surface area contributed by atoms with Gasteiger partial charge in [-0.1, -0.05) is 25.5 Å². The smallest absolute Gasteiger partial charge is 0.416 e. The van der Waals surface area contributed by atoms with Gasteiger partial charge in [0.05, 0.1) is 24.8 Å². The zero-order valence-electron chi connectivity index (χ0n) is 24.0. The molecule has 4 rings (SSSR count). The molecule has 0 bridgehead atoms. The van der Waals surface area contributed by atoms with Gasteiger partial charge in [0.2, 0.25) is 0 Å². The van der Waals surface area contributed by atoms with Crippen molar-refractivity contribution in [3.8, 4) is 11.5 Å². The fraction of sp³-hybridized carbons (Fsp3) is 0.516. The van der Waals surface area contributed by atoms with Crippen molar-refractivity contribution < 1.29 is 36.6 Å². The molecule has 0 aromatic heterocycles. The molecule has 218 valence electrons. The summed E-state index contributed by atoms with van der Waals surface area (Å²) in [5, 5.41) is 0. The first-order valence-corrected chi connectivity index (χ1v) is 13.5. The van der Waals surface area contributed by atoms with Crippen molar-refractivity contribution in [2.24, 2.45) is 5.41 Å². The summed E-state index contributed by atoms with van der Waals surface area (Å²) in [6.07, 6.45) is -3.94. The predicted molar refractivity (Wildman–Crippen MR) is 145 cm³/mol. The van der Waals surface area contributed by atoms with Crippen molar-refractivity contribution in [2.75, 3.05) is 13.7 Å². The largest absolute Gasteiger partial charge is 0.496 e. The van der Waals surface area contributed by atoms with Gasteiger partial charge in [0.25, 0.3) is 0 Å². The summed E-state index contributed by atoms with van der Waals surface area (Å²) < 4.78 is 72.2. The second kappa shape index (κ2) is 11.0. The number of aryl methyl sites for hydroxylation is 1. The van der Waals surface area contributed by atoms with E-state index >= 15 is 0 Å². The van der Waals surface area contributed by atoms with Crippen LogP contribution in [0.4, 0.5) is 22.4 Å². The Balaban J connectivity index is 1.73. The number of hydrogen-bond donors (Lipinski definition) is 0. The molecule has 1 saturated heterocycles. The molecule has 40 heavy (non-hydrogen) atoms. The Kier molecular flexibility index (Phi) is 8.16. The van der Waals surface area contributed by atoms with Crippen molar-refractivity contribution >= 4 is 11.7 Å². The maximum absolute atomic E-state index is 14.8. The molecule has 1 aliphatic heterocycles. The van der Waals surface area contributed by atoms with E-state index in [-0.39, 0.29) is 23.8 Å². The highest BCUT2D eigenvalue weighted by atomic mass is 19.4. The van der Waals surface area contributed by atoms with Gasteiger partial charge in [-0.05, 0) is 87.3 Å². The van der Waals surface area contributed by atoms with Crippen LogP contribution in [0, 0.1) is 18.2 Å². The Bertz CT molecular complexity index is 1320. The predicted octanol–water partition coefficient (Wildman–Crippen LogP) is 8.49. The van der Waals surface area contributed by atoms with Crippen molar-refractivity contribution in [3.63, 3.8) is 0 Å². The van der Waals surface area contributed by atoms with Gasteiger partial charge in [0, 0.05) is 18.2 Å². The van der Waals surface area contributed by atoms with E-state index in [1.54, 1.807) is 30.9 Å². The number of amides is 1. The molecule has 0 spiro atoms. The third-order valence-electron chi connectivity index (χ3n) is 7.62. The lowest BCUT2D eigenvalue weighted by atomic mass is 9.72. The molecule has 1 aliphatic carbocycles. The number of cyclic esters (lactones) is 1. The van der Waals surface area contributed by atoms with Gasteiger partial charge in [0.1, 0.15) is 11.9 Å². The van der Waals surface area contributed by atoms with E-state index < -0.39 is 35.8 Å². The van der Waals surface area contributed by atoms with Gasteiger partial charge < -0.3 is 14.2 Å². The van der Waals surface area contributed by atoms with Crippen LogP contribution in [-0.2, 0) is 10.9 Å². The van der Waals surface area contributed by atoms with Crippen LogP contribution in [0.15, 0.2) is 35.9 Å². The molecule has 0 saturated carbocycles. The van der Waals surface area contributed by atoms with Crippen LogP contribution in [-0.4, -0.2) is 36.8 Å². The molecular formula is C31H37F4NO4. The van der Waals surface area contributed by atoms with E-state index in [2.05, 4.69) is 13.8 Å². The van der Waals surface area contributed by atoms with Gasteiger partial charge >= 0.3 is 12.3 Å². The first-order chi connectivity index (χ1) is 18.6. The van der Waals surface area contributed by atoms with Crippen LogP contribution in [0.25, 0.3) is 5.57 Å². The Morgan fingerprint density at radius 1 is 1.12 bits per heavy atom. The minimum atomic E-state index is -4.51. The number of nitrogens with zero attached hydrogens (tertiary/aromatic N) is 1. The summed E-state index contributed by atoms with van der Waals surface area (Å²) in [6, 6.07) is 6.22. The highest BCUT2D eigenvalue weighted by molar-refractivity contribution is 5.77. The third kappa shape index (κ3) is 6.23. The number of rotatable bonds is 7. The number of allylic oxidation sites excluding steroid dienone is 1. The number of carbonyl (C=O) groups excluding carboxylic acids is 1. The van der Waals surface area contributed by atoms with Gasteiger partial charge in [0.15, 0.2) is 11.6 Å². The Morgan fingerprint density at radius 2 is 1.82 bits per heavy atom. The van der Waals surface area contributed by atoms with Crippen molar-refractivity contribution in [2.45, 2.75) is 85.2 Å². The van der Waals surface area contributed by atoms with E-state index in [0.29, 0.717) is 35.3 Å². The Morgan fingerprint density at radius 3 is 2.45 bits per heavy atom. The molecule has 0 N–H and O–H groups in total. The van der Waals surface area contributed by atoms with Crippen LogP contribution in [0.5, 0.6) is 11.5 Å². The summed E-state index contributed by atoms with van der Waals surface area (Å²) in [5.41, 5.74) is 2.55. The van der Waals surface area contributed by atoms with E-state index in [1.165, 1.54) is 13.2 Å². The first kappa shape index (κ1) is 29.7. The third-order valence-corrected chi connectivity index (χ3v) is 7.62. The number of halogens is 4. The second-order valence-electron chi connectivity index (χ2n) is 11.9. The van der Waals surface area contributed by atoms with Gasteiger partial charge in [-0.3, -0.25) is 4.90 Å². The molecule has 2 atom stereocenters. The summed E-state index contributed by atoms with van der Waals surface area (Å²) in [7, 11) is 1.48. The van der Waals surface area contributed by atoms with Gasteiger partial charge in [-0.15, -0.1) is 0 Å². The number of carbonyl (C=O) groups is 1. The van der Waals surface area contributed by atoms with Crippen molar-refractivity contribution in [3.05, 3.63) is 64.0 Å². The lowest BCUT2D eigenvalue weighted by Crippen LogP contribution is -2.35. The highest BCUT2D eigenvalue weighted by Crippen LogP contribution is 2.47. The topological polar surface area (TPSA) is 48.0 Å². The molecule has 0 radical (unpaired) electrons. The van der Waals surface area contributed by atoms with E-state index in [0.717, 1.165) is 29.7 Å². The molecule has 1 fully saturated rings. The zero-order valence-corrected chi connectivity index (χ0v) is 24.0. The van der Waals surface area contributed by atoms with Crippen LogP contribution >= 0.6 is 0 Å². The van der Waals surface area contributed by atoms with E-state index in [1.807, 2.05) is 13.8 Å². The summed E-state index contributed by atoms with van der Waals surface area (Å²) in [4.78, 5) is 14.7. The average Bonchev–Trinajstić information content (AvgIpc) is 3.12. The van der Waals surface area contributed by atoms with Crippen molar-refractivity contribution in [1.29, 1.82) is 0 Å².